The lowest BCUT2D eigenvalue weighted by Gasteiger charge is -2.23. The molecule has 0 unspecified atom stereocenters. The second-order valence-corrected chi connectivity index (χ2v) is 5.52. The van der Waals surface area contributed by atoms with E-state index < -0.39 is 5.54 Å². The highest BCUT2D eigenvalue weighted by Gasteiger charge is 2.25. The van der Waals surface area contributed by atoms with Gasteiger partial charge in [0.1, 0.15) is 0 Å². The van der Waals surface area contributed by atoms with Crippen LogP contribution in [0, 0.1) is 0 Å². The van der Waals surface area contributed by atoms with Crippen molar-refractivity contribution in [2.75, 3.05) is 12.4 Å². The zero-order valence-electron chi connectivity index (χ0n) is 11.5. The van der Waals surface area contributed by atoms with Gasteiger partial charge in [-0.3, -0.25) is 4.79 Å². The van der Waals surface area contributed by atoms with Crippen molar-refractivity contribution in [3.63, 3.8) is 0 Å². The minimum Gasteiger partial charge on any atom is -0.324 e. The molecule has 0 fully saturated rings. The van der Waals surface area contributed by atoms with Gasteiger partial charge >= 0.3 is 0 Å². The second kappa shape index (κ2) is 5.11. The Morgan fingerprint density at radius 1 is 1.17 bits per heavy atom. The zero-order valence-corrected chi connectivity index (χ0v) is 11.5. The van der Waals surface area contributed by atoms with Gasteiger partial charge in [0.25, 0.3) is 0 Å². The Bertz CT molecular complexity index is 452. The highest BCUT2D eigenvalue weighted by atomic mass is 16.2. The van der Waals surface area contributed by atoms with Gasteiger partial charge in [-0.15, -0.1) is 0 Å². The van der Waals surface area contributed by atoms with E-state index in [2.05, 4.69) is 22.8 Å². The topological polar surface area (TPSA) is 41.1 Å². The predicted octanol–water partition coefficient (Wildman–Crippen LogP) is 2.50. The Morgan fingerprint density at radius 3 is 2.50 bits per heavy atom. The van der Waals surface area contributed by atoms with E-state index >= 15 is 0 Å². The lowest BCUT2D eigenvalue weighted by Crippen LogP contribution is -2.47. The maximum Gasteiger partial charge on any atom is 0.244 e. The fourth-order valence-electron chi connectivity index (χ4n) is 2.21. The zero-order chi connectivity index (χ0) is 13.2. The summed E-state index contributed by atoms with van der Waals surface area (Å²) in [6.45, 7) is 3.75. The van der Waals surface area contributed by atoms with Crippen LogP contribution in [0.5, 0.6) is 0 Å². The fourth-order valence-corrected chi connectivity index (χ4v) is 2.21. The summed E-state index contributed by atoms with van der Waals surface area (Å²) in [5, 5.41) is 5.99. The van der Waals surface area contributed by atoms with E-state index in [0.717, 1.165) is 12.1 Å². The molecule has 0 spiro atoms. The Balaban J connectivity index is 2.13. The maximum absolute atomic E-state index is 12.1. The van der Waals surface area contributed by atoms with Crippen LogP contribution in [0.2, 0.25) is 0 Å². The molecule has 1 aromatic carbocycles. The van der Waals surface area contributed by atoms with Crippen LogP contribution in [0.25, 0.3) is 0 Å². The Morgan fingerprint density at radius 2 is 1.83 bits per heavy atom. The third kappa shape index (κ3) is 2.72. The number of aryl methyl sites for hydroxylation is 2. The molecule has 1 amide bonds. The molecule has 0 saturated carbocycles. The molecule has 3 nitrogen and oxygen atoms in total. The smallest absolute Gasteiger partial charge is 0.244 e. The van der Waals surface area contributed by atoms with Crippen LogP contribution < -0.4 is 10.6 Å². The SMILES string of the molecule is CNC(C)(C)C(=O)Nc1ccc2c(c1)CCCC2. The molecule has 0 aromatic heterocycles. The summed E-state index contributed by atoms with van der Waals surface area (Å²) in [6.07, 6.45) is 4.85. The molecule has 2 rings (SSSR count). The van der Waals surface area contributed by atoms with Crippen molar-refractivity contribution in [3.8, 4) is 0 Å². The first-order valence-electron chi connectivity index (χ1n) is 6.65. The van der Waals surface area contributed by atoms with Gasteiger partial charge in [-0.05, 0) is 69.8 Å². The van der Waals surface area contributed by atoms with E-state index in [1.165, 1.54) is 30.4 Å². The molecular formula is C15H22N2O. The van der Waals surface area contributed by atoms with Crippen molar-refractivity contribution in [1.82, 2.24) is 5.32 Å². The van der Waals surface area contributed by atoms with Gasteiger partial charge in [0.15, 0.2) is 0 Å². The maximum atomic E-state index is 12.1. The van der Waals surface area contributed by atoms with Crippen molar-refractivity contribution in [1.29, 1.82) is 0 Å². The van der Waals surface area contributed by atoms with E-state index in [1.807, 2.05) is 19.9 Å². The van der Waals surface area contributed by atoms with Gasteiger partial charge in [-0.1, -0.05) is 6.07 Å². The van der Waals surface area contributed by atoms with Crippen molar-refractivity contribution in [2.45, 2.75) is 45.1 Å². The summed E-state index contributed by atoms with van der Waals surface area (Å²) in [4.78, 5) is 12.1. The van der Waals surface area contributed by atoms with E-state index in [1.54, 1.807) is 7.05 Å². The first-order chi connectivity index (χ1) is 8.53. The van der Waals surface area contributed by atoms with Gasteiger partial charge < -0.3 is 10.6 Å². The van der Waals surface area contributed by atoms with Gasteiger partial charge in [-0.2, -0.15) is 0 Å². The normalized spacial score (nSPS) is 15.1. The minimum absolute atomic E-state index is 0.000703. The number of rotatable bonds is 3. The molecule has 1 aliphatic carbocycles. The molecule has 0 atom stereocenters. The number of benzene rings is 1. The third-order valence-corrected chi connectivity index (χ3v) is 3.80. The van der Waals surface area contributed by atoms with Crippen LogP contribution in [-0.2, 0) is 17.6 Å². The lowest BCUT2D eigenvalue weighted by atomic mass is 9.91. The Labute approximate surface area is 109 Å². The number of carbonyl (C=O) groups is 1. The average Bonchev–Trinajstić information content (AvgIpc) is 2.38. The number of carbonyl (C=O) groups excluding carboxylic acids is 1. The fraction of sp³-hybridized carbons (Fsp3) is 0.533. The van der Waals surface area contributed by atoms with Gasteiger partial charge in [0.2, 0.25) is 5.91 Å². The molecule has 0 aliphatic heterocycles. The molecule has 1 aliphatic rings. The van der Waals surface area contributed by atoms with Crippen LogP contribution in [-0.4, -0.2) is 18.5 Å². The van der Waals surface area contributed by atoms with Gasteiger partial charge in [0.05, 0.1) is 5.54 Å². The summed E-state index contributed by atoms with van der Waals surface area (Å²) in [5.74, 6) is 0.000703. The molecular weight excluding hydrogens is 224 g/mol. The molecule has 3 heteroatoms. The molecule has 0 bridgehead atoms. The summed E-state index contributed by atoms with van der Waals surface area (Å²) in [7, 11) is 1.80. The summed E-state index contributed by atoms with van der Waals surface area (Å²) < 4.78 is 0. The van der Waals surface area contributed by atoms with Crippen LogP contribution in [0.3, 0.4) is 0 Å². The molecule has 98 valence electrons. The van der Waals surface area contributed by atoms with Crippen molar-refractivity contribution >= 4 is 11.6 Å². The van der Waals surface area contributed by atoms with Crippen LogP contribution in [0.15, 0.2) is 18.2 Å². The van der Waals surface area contributed by atoms with E-state index in [4.69, 9.17) is 0 Å². The van der Waals surface area contributed by atoms with Crippen molar-refractivity contribution in [2.24, 2.45) is 0 Å². The summed E-state index contributed by atoms with van der Waals surface area (Å²) in [5.41, 5.74) is 3.19. The molecule has 1 aromatic rings. The highest BCUT2D eigenvalue weighted by Crippen LogP contribution is 2.24. The van der Waals surface area contributed by atoms with E-state index in [-0.39, 0.29) is 5.91 Å². The van der Waals surface area contributed by atoms with E-state index in [9.17, 15) is 4.79 Å². The van der Waals surface area contributed by atoms with Crippen molar-refractivity contribution in [3.05, 3.63) is 29.3 Å². The number of nitrogens with one attached hydrogen (secondary N) is 2. The Hall–Kier alpha value is -1.35. The van der Waals surface area contributed by atoms with Crippen LogP contribution >= 0.6 is 0 Å². The number of fused-ring (bicyclic) bond motifs is 1. The van der Waals surface area contributed by atoms with Crippen molar-refractivity contribution < 1.29 is 4.79 Å². The molecule has 18 heavy (non-hydrogen) atoms. The number of amides is 1. The van der Waals surface area contributed by atoms with Crippen LogP contribution in [0.4, 0.5) is 5.69 Å². The highest BCUT2D eigenvalue weighted by molar-refractivity contribution is 5.97. The van der Waals surface area contributed by atoms with Crippen LogP contribution in [0.1, 0.15) is 37.8 Å². The molecule has 0 heterocycles. The first kappa shape index (κ1) is 13.1. The molecule has 0 saturated heterocycles. The number of anilines is 1. The first-order valence-corrected chi connectivity index (χ1v) is 6.65. The number of hydrogen-bond donors (Lipinski definition) is 2. The van der Waals surface area contributed by atoms with Gasteiger partial charge in [-0.25, -0.2) is 0 Å². The lowest BCUT2D eigenvalue weighted by molar-refractivity contribution is -0.121. The molecule has 0 radical (unpaired) electrons. The number of hydrogen-bond acceptors (Lipinski definition) is 2. The second-order valence-electron chi connectivity index (χ2n) is 5.52. The monoisotopic (exact) mass is 246 g/mol. The quantitative estimate of drug-likeness (QED) is 0.860. The average molecular weight is 246 g/mol. The number of likely N-dealkylation sites (N-methyl/N-ethyl adjacent to an activating group) is 1. The van der Waals surface area contributed by atoms with Gasteiger partial charge in [0, 0.05) is 5.69 Å². The molecule has 2 N–H and O–H groups in total. The third-order valence-electron chi connectivity index (χ3n) is 3.80. The minimum atomic E-state index is -0.546. The Kier molecular flexibility index (Phi) is 3.71. The van der Waals surface area contributed by atoms with E-state index in [0.29, 0.717) is 0 Å². The summed E-state index contributed by atoms with van der Waals surface area (Å²) >= 11 is 0. The predicted molar refractivity (Wildman–Crippen MR) is 74.9 cm³/mol. The largest absolute Gasteiger partial charge is 0.324 e. The standard InChI is InChI=1S/C15H22N2O/c1-15(2,16-3)14(18)17-13-9-8-11-6-4-5-7-12(11)10-13/h8-10,16H,4-7H2,1-3H3,(H,17,18). The summed E-state index contributed by atoms with van der Waals surface area (Å²) in [6, 6.07) is 6.28.